The molecule has 0 N–H and O–H groups in total. The van der Waals surface area contributed by atoms with Gasteiger partial charge < -0.3 is 4.90 Å². The van der Waals surface area contributed by atoms with Crippen molar-refractivity contribution in [1.29, 1.82) is 0 Å². The molecule has 0 bridgehead atoms. The molecule has 1 heterocycles. The quantitative estimate of drug-likeness (QED) is 0.805. The fourth-order valence-corrected chi connectivity index (χ4v) is 3.14. The van der Waals surface area contributed by atoms with E-state index in [0.717, 1.165) is 24.8 Å². The van der Waals surface area contributed by atoms with Gasteiger partial charge in [-0.05, 0) is 42.7 Å². The van der Waals surface area contributed by atoms with E-state index in [1.54, 1.807) is 29.2 Å². The molecule has 1 atom stereocenters. The molecular weight excluding hydrogens is 296 g/mol. The van der Waals surface area contributed by atoms with E-state index in [-0.39, 0.29) is 23.2 Å². The molecule has 0 aromatic heterocycles. The molecular formula is C19H19F2NO. The number of benzene rings is 2. The summed E-state index contributed by atoms with van der Waals surface area (Å²) in [4.78, 5) is 14.4. The number of nitrogens with zero attached hydrogens (tertiary/aromatic N) is 1. The molecule has 2 aromatic carbocycles. The second-order valence-electron chi connectivity index (χ2n) is 5.98. The van der Waals surface area contributed by atoms with Crippen molar-refractivity contribution in [2.75, 3.05) is 13.1 Å². The van der Waals surface area contributed by atoms with Crippen LogP contribution in [0.25, 0.3) is 0 Å². The van der Waals surface area contributed by atoms with Crippen LogP contribution in [0.2, 0.25) is 0 Å². The van der Waals surface area contributed by atoms with Gasteiger partial charge in [-0.25, -0.2) is 8.78 Å². The standard InChI is InChI=1S/C19H19F2NO/c20-16-10-8-14(9-11-16)15-5-3-4-12-22(13-15)19(23)17-6-1-2-7-18(17)21/h1-2,6-11,15H,3-5,12-13H2. The lowest BCUT2D eigenvalue weighted by molar-refractivity contribution is 0.0750. The average Bonchev–Trinajstić information content (AvgIpc) is 2.81. The van der Waals surface area contributed by atoms with Gasteiger partial charge in [0.1, 0.15) is 11.6 Å². The minimum atomic E-state index is -0.486. The second kappa shape index (κ2) is 6.90. The summed E-state index contributed by atoms with van der Waals surface area (Å²) in [6.07, 6.45) is 2.85. The number of halogens is 2. The number of carbonyl (C=O) groups is 1. The molecule has 1 aliphatic rings. The fraction of sp³-hybridized carbons (Fsp3) is 0.316. The van der Waals surface area contributed by atoms with Gasteiger partial charge in [-0.2, -0.15) is 0 Å². The molecule has 2 nitrogen and oxygen atoms in total. The summed E-state index contributed by atoms with van der Waals surface area (Å²) in [5, 5.41) is 0. The van der Waals surface area contributed by atoms with E-state index >= 15 is 0 Å². The summed E-state index contributed by atoms with van der Waals surface area (Å²) in [5.74, 6) is -0.854. The van der Waals surface area contributed by atoms with Crippen LogP contribution in [0.5, 0.6) is 0 Å². The third-order valence-electron chi connectivity index (χ3n) is 4.40. The topological polar surface area (TPSA) is 20.3 Å². The summed E-state index contributed by atoms with van der Waals surface area (Å²) < 4.78 is 27.0. The van der Waals surface area contributed by atoms with Crippen molar-refractivity contribution >= 4 is 5.91 Å². The highest BCUT2D eigenvalue weighted by Gasteiger charge is 2.25. The van der Waals surface area contributed by atoms with Crippen LogP contribution in [0, 0.1) is 11.6 Å². The average molecular weight is 315 g/mol. The van der Waals surface area contributed by atoms with Gasteiger partial charge in [-0.15, -0.1) is 0 Å². The third kappa shape index (κ3) is 3.58. The van der Waals surface area contributed by atoms with Gasteiger partial charge in [-0.1, -0.05) is 30.7 Å². The largest absolute Gasteiger partial charge is 0.338 e. The first-order valence-corrected chi connectivity index (χ1v) is 7.94. The molecule has 23 heavy (non-hydrogen) atoms. The molecule has 120 valence electrons. The van der Waals surface area contributed by atoms with E-state index in [9.17, 15) is 13.6 Å². The first-order valence-electron chi connectivity index (χ1n) is 7.94. The van der Waals surface area contributed by atoms with Gasteiger partial charge >= 0.3 is 0 Å². The predicted molar refractivity (Wildman–Crippen MR) is 85.3 cm³/mol. The molecule has 1 unspecified atom stereocenters. The Hall–Kier alpha value is -2.23. The lowest BCUT2D eigenvalue weighted by Gasteiger charge is -2.25. The minimum absolute atomic E-state index is 0.118. The number of likely N-dealkylation sites (tertiary alicyclic amines) is 1. The van der Waals surface area contributed by atoms with Crippen LogP contribution in [0.3, 0.4) is 0 Å². The highest BCUT2D eigenvalue weighted by molar-refractivity contribution is 5.94. The van der Waals surface area contributed by atoms with Crippen molar-refractivity contribution in [2.24, 2.45) is 0 Å². The summed E-state index contributed by atoms with van der Waals surface area (Å²) in [6.45, 7) is 1.17. The maximum absolute atomic E-state index is 13.9. The molecule has 0 spiro atoms. The van der Waals surface area contributed by atoms with Crippen molar-refractivity contribution in [3.63, 3.8) is 0 Å². The van der Waals surface area contributed by atoms with Crippen LogP contribution < -0.4 is 0 Å². The van der Waals surface area contributed by atoms with E-state index in [1.807, 2.05) is 0 Å². The first kappa shape index (κ1) is 15.7. The van der Waals surface area contributed by atoms with Crippen LogP contribution >= 0.6 is 0 Å². The summed E-state index contributed by atoms with van der Waals surface area (Å²) in [5.41, 5.74) is 1.15. The lowest BCUT2D eigenvalue weighted by atomic mass is 9.94. The lowest BCUT2D eigenvalue weighted by Crippen LogP contribution is -2.34. The van der Waals surface area contributed by atoms with Gasteiger partial charge in [0.15, 0.2) is 0 Å². The Morgan fingerprint density at radius 2 is 1.74 bits per heavy atom. The Morgan fingerprint density at radius 3 is 2.48 bits per heavy atom. The van der Waals surface area contributed by atoms with E-state index < -0.39 is 5.82 Å². The van der Waals surface area contributed by atoms with Crippen LogP contribution in [0.15, 0.2) is 48.5 Å². The molecule has 1 amide bonds. The molecule has 0 saturated carbocycles. The zero-order valence-corrected chi connectivity index (χ0v) is 12.8. The Kier molecular flexibility index (Phi) is 4.70. The van der Waals surface area contributed by atoms with Gasteiger partial charge in [0.05, 0.1) is 5.56 Å². The molecule has 1 aliphatic heterocycles. The highest BCUT2D eigenvalue weighted by atomic mass is 19.1. The fourth-order valence-electron chi connectivity index (χ4n) is 3.14. The number of rotatable bonds is 2. The number of hydrogen-bond acceptors (Lipinski definition) is 1. The highest BCUT2D eigenvalue weighted by Crippen LogP contribution is 2.27. The normalized spacial score (nSPS) is 18.5. The van der Waals surface area contributed by atoms with Crippen molar-refractivity contribution in [3.05, 3.63) is 71.3 Å². The van der Waals surface area contributed by atoms with Gasteiger partial charge in [0.25, 0.3) is 5.91 Å². The van der Waals surface area contributed by atoms with Crippen LogP contribution in [-0.2, 0) is 0 Å². The maximum Gasteiger partial charge on any atom is 0.256 e. The maximum atomic E-state index is 13.9. The summed E-state index contributed by atoms with van der Waals surface area (Å²) >= 11 is 0. The van der Waals surface area contributed by atoms with Crippen molar-refractivity contribution in [3.8, 4) is 0 Å². The molecule has 3 rings (SSSR count). The molecule has 2 aromatic rings. The zero-order valence-electron chi connectivity index (χ0n) is 12.8. The Balaban J connectivity index is 1.81. The van der Waals surface area contributed by atoms with E-state index in [2.05, 4.69) is 0 Å². The first-order chi connectivity index (χ1) is 11.1. The summed E-state index contributed by atoms with van der Waals surface area (Å²) in [6, 6.07) is 12.5. The summed E-state index contributed by atoms with van der Waals surface area (Å²) in [7, 11) is 0. The molecule has 4 heteroatoms. The molecule has 1 fully saturated rings. The number of amides is 1. The van der Waals surface area contributed by atoms with Crippen molar-refractivity contribution in [1.82, 2.24) is 4.90 Å². The van der Waals surface area contributed by atoms with Crippen LogP contribution in [0.1, 0.15) is 41.1 Å². The molecule has 0 radical (unpaired) electrons. The Morgan fingerprint density at radius 1 is 1.00 bits per heavy atom. The monoisotopic (exact) mass is 315 g/mol. The number of carbonyl (C=O) groups excluding carboxylic acids is 1. The van der Waals surface area contributed by atoms with Crippen molar-refractivity contribution in [2.45, 2.75) is 25.2 Å². The third-order valence-corrected chi connectivity index (χ3v) is 4.40. The van der Waals surface area contributed by atoms with Crippen molar-refractivity contribution < 1.29 is 13.6 Å². The van der Waals surface area contributed by atoms with Crippen LogP contribution in [-0.4, -0.2) is 23.9 Å². The van der Waals surface area contributed by atoms with E-state index in [1.165, 1.54) is 24.3 Å². The number of hydrogen-bond donors (Lipinski definition) is 0. The zero-order chi connectivity index (χ0) is 16.2. The predicted octanol–water partition coefficient (Wildman–Crippen LogP) is 4.37. The Labute approximate surface area is 134 Å². The smallest absolute Gasteiger partial charge is 0.256 e. The molecule has 0 aliphatic carbocycles. The van der Waals surface area contributed by atoms with Gasteiger partial charge in [0.2, 0.25) is 0 Å². The minimum Gasteiger partial charge on any atom is -0.338 e. The Bertz CT molecular complexity index is 684. The van der Waals surface area contributed by atoms with Crippen LogP contribution in [0.4, 0.5) is 8.78 Å². The van der Waals surface area contributed by atoms with E-state index in [4.69, 9.17) is 0 Å². The van der Waals surface area contributed by atoms with Gasteiger partial charge in [0, 0.05) is 19.0 Å². The van der Waals surface area contributed by atoms with E-state index in [0.29, 0.717) is 13.1 Å². The van der Waals surface area contributed by atoms with Gasteiger partial charge in [-0.3, -0.25) is 4.79 Å². The SMILES string of the molecule is O=C(c1ccccc1F)N1CCCCC(c2ccc(F)cc2)C1. The molecule has 1 saturated heterocycles. The second-order valence-corrected chi connectivity index (χ2v) is 5.98.